The molecule has 1 fully saturated rings. The third-order valence-electron chi connectivity index (χ3n) is 4.51. The van der Waals surface area contributed by atoms with Gasteiger partial charge in [0.1, 0.15) is 5.82 Å². The minimum atomic E-state index is -0.923. The summed E-state index contributed by atoms with van der Waals surface area (Å²) in [5, 5.41) is 13.6. The summed E-state index contributed by atoms with van der Waals surface area (Å²) in [5.41, 5.74) is 2.01. The number of pyridine rings is 1. The normalized spacial score (nSPS) is 14.5. The van der Waals surface area contributed by atoms with E-state index < -0.39 is 5.97 Å². The van der Waals surface area contributed by atoms with Gasteiger partial charge in [0.25, 0.3) is 0 Å². The number of benzene rings is 1. The average Bonchev–Trinajstić information content (AvgIpc) is 3.12. The van der Waals surface area contributed by atoms with Crippen molar-refractivity contribution in [2.24, 2.45) is 0 Å². The van der Waals surface area contributed by atoms with E-state index in [0.717, 1.165) is 10.7 Å². The summed E-state index contributed by atoms with van der Waals surface area (Å²) >= 11 is 1.85. The number of carboxylic acid groups (broad SMARTS) is 1. The Morgan fingerprint density at radius 1 is 1.27 bits per heavy atom. The predicted molar refractivity (Wildman–Crippen MR) is 102 cm³/mol. The molecule has 0 aliphatic heterocycles. The summed E-state index contributed by atoms with van der Waals surface area (Å²) in [7, 11) is 0. The molecule has 3 rings (SSSR count). The summed E-state index contributed by atoms with van der Waals surface area (Å²) in [6, 6.07) is 10.8. The van der Waals surface area contributed by atoms with Crippen LogP contribution in [0.3, 0.4) is 0 Å². The van der Waals surface area contributed by atoms with Crippen LogP contribution in [0.4, 0.5) is 10.1 Å². The first kappa shape index (κ1) is 18.7. The third kappa shape index (κ3) is 5.46. The van der Waals surface area contributed by atoms with Crippen LogP contribution in [-0.4, -0.2) is 21.3 Å². The highest BCUT2D eigenvalue weighted by atomic mass is 32.2. The molecule has 26 heavy (non-hydrogen) atoms. The lowest BCUT2D eigenvalue weighted by molar-refractivity contribution is -0.136. The molecule has 2 N–H and O–H groups in total. The minimum Gasteiger partial charge on any atom is -0.481 e. The van der Waals surface area contributed by atoms with E-state index in [1.165, 1.54) is 31.7 Å². The molecule has 1 aromatic heterocycles. The molecule has 0 saturated heterocycles. The van der Waals surface area contributed by atoms with Gasteiger partial charge in [-0.25, -0.2) is 9.37 Å². The monoisotopic (exact) mass is 374 g/mol. The van der Waals surface area contributed by atoms with Crippen molar-refractivity contribution in [2.75, 3.05) is 5.32 Å². The molecule has 1 aliphatic rings. The van der Waals surface area contributed by atoms with Crippen LogP contribution in [0.1, 0.15) is 43.4 Å². The van der Waals surface area contributed by atoms with Gasteiger partial charge in [-0.15, -0.1) is 11.8 Å². The number of halogens is 1. The van der Waals surface area contributed by atoms with E-state index in [0.29, 0.717) is 23.0 Å². The van der Waals surface area contributed by atoms with Crippen LogP contribution >= 0.6 is 11.8 Å². The molecule has 0 atom stereocenters. The van der Waals surface area contributed by atoms with Crippen LogP contribution in [0.2, 0.25) is 0 Å². The lowest BCUT2D eigenvalue weighted by Gasteiger charge is -2.11. The van der Waals surface area contributed by atoms with Crippen molar-refractivity contribution < 1.29 is 14.3 Å². The number of anilines is 1. The second-order valence-corrected chi connectivity index (χ2v) is 7.87. The summed E-state index contributed by atoms with van der Waals surface area (Å²) in [5.74, 6) is -1.30. The Morgan fingerprint density at radius 3 is 2.81 bits per heavy atom. The molecule has 2 aromatic rings. The Balaban J connectivity index is 1.56. The van der Waals surface area contributed by atoms with Gasteiger partial charge in [-0.2, -0.15) is 0 Å². The van der Waals surface area contributed by atoms with E-state index in [9.17, 15) is 9.18 Å². The van der Waals surface area contributed by atoms with E-state index in [1.54, 1.807) is 12.1 Å². The molecule has 1 heterocycles. The van der Waals surface area contributed by atoms with Crippen molar-refractivity contribution >= 4 is 23.4 Å². The summed E-state index contributed by atoms with van der Waals surface area (Å²) in [6.45, 7) is 0.521. The molecule has 0 unspecified atom stereocenters. The molecule has 0 amide bonds. The molecule has 6 heteroatoms. The number of nitrogens with zero attached hydrogens (tertiary/aromatic N) is 1. The average molecular weight is 374 g/mol. The summed E-state index contributed by atoms with van der Waals surface area (Å²) < 4.78 is 14.1. The first-order valence-corrected chi connectivity index (χ1v) is 9.85. The molecule has 1 aliphatic carbocycles. The van der Waals surface area contributed by atoms with Crippen LogP contribution in [-0.2, 0) is 17.8 Å². The highest BCUT2D eigenvalue weighted by Gasteiger charge is 2.16. The highest BCUT2D eigenvalue weighted by Crippen LogP contribution is 2.33. The SMILES string of the molecule is O=C(O)CCc1ccc(NCc2cccc(SC3CCCC3)n2)cc1F. The number of carboxylic acids is 1. The Labute approximate surface area is 157 Å². The second kappa shape index (κ2) is 9.03. The first-order valence-electron chi connectivity index (χ1n) is 8.97. The van der Waals surface area contributed by atoms with Crippen LogP contribution in [0, 0.1) is 5.82 Å². The number of rotatable bonds is 8. The second-order valence-electron chi connectivity index (χ2n) is 6.54. The molecule has 4 nitrogen and oxygen atoms in total. The van der Waals surface area contributed by atoms with Crippen LogP contribution < -0.4 is 5.32 Å². The van der Waals surface area contributed by atoms with E-state index in [1.807, 2.05) is 30.0 Å². The zero-order valence-electron chi connectivity index (χ0n) is 14.6. The van der Waals surface area contributed by atoms with Gasteiger partial charge in [0.05, 0.1) is 17.3 Å². The number of aromatic nitrogens is 1. The number of hydrogen-bond acceptors (Lipinski definition) is 4. The molecule has 1 aromatic carbocycles. The zero-order chi connectivity index (χ0) is 18.4. The Kier molecular flexibility index (Phi) is 6.50. The largest absolute Gasteiger partial charge is 0.481 e. The van der Waals surface area contributed by atoms with E-state index in [-0.39, 0.29) is 18.7 Å². The summed E-state index contributed by atoms with van der Waals surface area (Å²) in [6.07, 6.45) is 5.28. The molecule has 0 radical (unpaired) electrons. The fourth-order valence-electron chi connectivity index (χ4n) is 3.09. The Morgan fingerprint density at radius 2 is 2.08 bits per heavy atom. The predicted octanol–water partition coefficient (Wildman–Crippen LogP) is 4.88. The van der Waals surface area contributed by atoms with Crippen molar-refractivity contribution in [1.29, 1.82) is 0 Å². The minimum absolute atomic E-state index is 0.0704. The molecular formula is C20H23FN2O2S. The van der Waals surface area contributed by atoms with Crippen molar-refractivity contribution in [3.8, 4) is 0 Å². The number of nitrogens with one attached hydrogen (secondary N) is 1. The number of carbonyl (C=O) groups is 1. The Hall–Kier alpha value is -2.08. The van der Waals surface area contributed by atoms with Gasteiger partial charge in [0.15, 0.2) is 0 Å². The molecule has 0 spiro atoms. The van der Waals surface area contributed by atoms with Crippen molar-refractivity contribution in [3.05, 3.63) is 53.5 Å². The fourth-order valence-corrected chi connectivity index (χ4v) is 4.33. The first-order chi connectivity index (χ1) is 12.6. The van der Waals surface area contributed by atoms with Crippen molar-refractivity contribution in [3.63, 3.8) is 0 Å². The van der Waals surface area contributed by atoms with Gasteiger partial charge >= 0.3 is 5.97 Å². The number of thioether (sulfide) groups is 1. The van der Waals surface area contributed by atoms with Gasteiger partial charge in [-0.3, -0.25) is 4.79 Å². The van der Waals surface area contributed by atoms with E-state index in [2.05, 4.69) is 10.3 Å². The van der Waals surface area contributed by atoms with Crippen LogP contribution in [0.15, 0.2) is 41.4 Å². The van der Waals surface area contributed by atoms with Crippen molar-refractivity contribution in [1.82, 2.24) is 4.98 Å². The zero-order valence-corrected chi connectivity index (χ0v) is 15.4. The number of aryl methyl sites for hydroxylation is 1. The standard InChI is InChI=1S/C20H23FN2O2S/c21-18-12-15(10-8-14(18)9-11-20(24)25)22-13-16-4-3-7-19(23-16)26-17-5-1-2-6-17/h3-4,7-8,10,12,17,22H,1-2,5-6,9,11,13H2,(H,24,25). The molecule has 1 saturated carbocycles. The van der Waals surface area contributed by atoms with Gasteiger partial charge in [-0.1, -0.05) is 25.0 Å². The lowest BCUT2D eigenvalue weighted by atomic mass is 10.1. The number of aliphatic carboxylic acids is 1. The van der Waals surface area contributed by atoms with Gasteiger partial charge < -0.3 is 10.4 Å². The van der Waals surface area contributed by atoms with Gasteiger partial charge in [0.2, 0.25) is 0 Å². The number of hydrogen-bond donors (Lipinski definition) is 2. The Bertz CT molecular complexity index is 763. The molecule has 0 bridgehead atoms. The van der Waals surface area contributed by atoms with Crippen molar-refractivity contribution in [2.45, 2.75) is 55.3 Å². The maximum absolute atomic E-state index is 14.1. The smallest absolute Gasteiger partial charge is 0.303 e. The maximum atomic E-state index is 14.1. The lowest BCUT2D eigenvalue weighted by Crippen LogP contribution is -2.04. The maximum Gasteiger partial charge on any atom is 0.303 e. The quantitative estimate of drug-likeness (QED) is 0.689. The fraction of sp³-hybridized carbons (Fsp3) is 0.400. The third-order valence-corrected chi connectivity index (χ3v) is 5.78. The highest BCUT2D eigenvalue weighted by molar-refractivity contribution is 7.99. The van der Waals surface area contributed by atoms with E-state index in [4.69, 9.17) is 5.11 Å². The molecule has 138 valence electrons. The summed E-state index contributed by atoms with van der Waals surface area (Å²) in [4.78, 5) is 15.3. The topological polar surface area (TPSA) is 62.2 Å². The van der Waals surface area contributed by atoms with Crippen LogP contribution in [0.5, 0.6) is 0 Å². The van der Waals surface area contributed by atoms with Gasteiger partial charge in [0, 0.05) is 17.4 Å². The molecular weight excluding hydrogens is 351 g/mol. The van der Waals surface area contributed by atoms with Crippen LogP contribution in [0.25, 0.3) is 0 Å². The van der Waals surface area contributed by atoms with E-state index >= 15 is 0 Å². The van der Waals surface area contributed by atoms with Gasteiger partial charge in [-0.05, 0) is 49.1 Å².